The summed E-state index contributed by atoms with van der Waals surface area (Å²) >= 11 is 0. The van der Waals surface area contributed by atoms with E-state index in [0.29, 0.717) is 18.3 Å². The van der Waals surface area contributed by atoms with E-state index in [9.17, 15) is 0 Å². The first-order valence-electron chi connectivity index (χ1n) is 8.56. The summed E-state index contributed by atoms with van der Waals surface area (Å²) in [7, 11) is 0. The van der Waals surface area contributed by atoms with Crippen molar-refractivity contribution < 1.29 is 9.47 Å². The van der Waals surface area contributed by atoms with Gasteiger partial charge < -0.3 is 9.47 Å². The zero-order chi connectivity index (χ0) is 12.8. The third-order valence-electron chi connectivity index (χ3n) is 6.25. The molecule has 2 heteroatoms. The molecule has 5 aliphatic rings. The molecule has 0 N–H and O–H groups in total. The maximum Gasteiger partial charge on any atom is 0.0834 e. The SMILES string of the molecule is CC(OC1C2CC3CC(C2)CC1C3)C1CCCCO1. The molecule has 4 aliphatic carbocycles. The molecule has 0 amide bonds. The smallest absolute Gasteiger partial charge is 0.0834 e. The Balaban J connectivity index is 1.39. The van der Waals surface area contributed by atoms with Crippen LogP contribution in [-0.2, 0) is 9.47 Å². The van der Waals surface area contributed by atoms with E-state index >= 15 is 0 Å². The molecule has 5 rings (SSSR count). The summed E-state index contributed by atoms with van der Waals surface area (Å²) in [5.74, 6) is 3.84. The fraction of sp³-hybridized carbons (Fsp3) is 1.00. The molecule has 0 aromatic carbocycles. The van der Waals surface area contributed by atoms with Gasteiger partial charge in [-0.15, -0.1) is 0 Å². The van der Waals surface area contributed by atoms with Crippen LogP contribution in [0.1, 0.15) is 58.3 Å². The Labute approximate surface area is 117 Å². The van der Waals surface area contributed by atoms with Crippen LogP contribution in [0.2, 0.25) is 0 Å². The van der Waals surface area contributed by atoms with Crippen LogP contribution in [0.3, 0.4) is 0 Å². The first kappa shape index (κ1) is 12.6. The van der Waals surface area contributed by atoms with Crippen LogP contribution in [-0.4, -0.2) is 24.9 Å². The van der Waals surface area contributed by atoms with E-state index in [4.69, 9.17) is 9.47 Å². The highest BCUT2D eigenvalue weighted by molar-refractivity contribution is 4.99. The average molecular weight is 264 g/mol. The molecule has 0 aromatic rings. The minimum atomic E-state index is 0.308. The number of rotatable bonds is 3. The van der Waals surface area contributed by atoms with Gasteiger partial charge in [0.05, 0.1) is 18.3 Å². The first-order chi connectivity index (χ1) is 9.29. The zero-order valence-electron chi connectivity index (χ0n) is 12.2. The van der Waals surface area contributed by atoms with Crippen molar-refractivity contribution in [2.75, 3.05) is 6.61 Å². The van der Waals surface area contributed by atoms with E-state index in [0.717, 1.165) is 30.3 Å². The van der Waals surface area contributed by atoms with Crippen molar-refractivity contribution in [2.45, 2.75) is 76.6 Å². The fourth-order valence-corrected chi connectivity index (χ4v) is 5.57. The molecule has 4 bridgehead atoms. The molecule has 2 atom stereocenters. The van der Waals surface area contributed by atoms with Crippen LogP contribution in [0.25, 0.3) is 0 Å². The predicted molar refractivity (Wildman–Crippen MR) is 75.0 cm³/mol. The Morgan fingerprint density at radius 2 is 1.63 bits per heavy atom. The monoisotopic (exact) mass is 264 g/mol. The third-order valence-corrected chi connectivity index (χ3v) is 6.25. The van der Waals surface area contributed by atoms with Gasteiger partial charge in [-0.05, 0) is 82.0 Å². The second-order valence-corrected chi connectivity index (χ2v) is 7.64. The van der Waals surface area contributed by atoms with E-state index in [2.05, 4.69) is 6.92 Å². The van der Waals surface area contributed by atoms with Gasteiger partial charge in [-0.25, -0.2) is 0 Å². The van der Waals surface area contributed by atoms with Crippen molar-refractivity contribution in [1.29, 1.82) is 0 Å². The Morgan fingerprint density at radius 3 is 2.21 bits per heavy atom. The van der Waals surface area contributed by atoms with Gasteiger partial charge in [-0.2, -0.15) is 0 Å². The normalized spacial score (nSPS) is 50.4. The minimum Gasteiger partial charge on any atom is -0.376 e. The van der Waals surface area contributed by atoms with Gasteiger partial charge in [-0.3, -0.25) is 0 Å². The predicted octanol–water partition coefficient (Wildman–Crippen LogP) is 3.79. The van der Waals surface area contributed by atoms with Gasteiger partial charge in [0, 0.05) is 6.61 Å². The van der Waals surface area contributed by atoms with Gasteiger partial charge in [0.1, 0.15) is 0 Å². The number of ether oxygens (including phenoxy) is 2. The summed E-state index contributed by atoms with van der Waals surface area (Å²) in [5, 5.41) is 0. The standard InChI is InChI=1S/C17H28O2/c1-11(16-4-2-3-5-18-16)19-17-14-7-12-6-13(9-14)10-15(17)8-12/h11-17H,2-10H2,1H3. The van der Waals surface area contributed by atoms with E-state index in [1.54, 1.807) is 0 Å². The third kappa shape index (κ3) is 2.35. The summed E-state index contributed by atoms with van der Waals surface area (Å²) < 4.78 is 12.4. The highest BCUT2D eigenvalue weighted by atomic mass is 16.5. The summed E-state index contributed by atoms with van der Waals surface area (Å²) in [4.78, 5) is 0. The molecule has 19 heavy (non-hydrogen) atoms. The molecular formula is C17H28O2. The summed E-state index contributed by atoms with van der Waals surface area (Å²) in [6.45, 7) is 3.20. The lowest BCUT2D eigenvalue weighted by Crippen LogP contribution is -2.51. The molecule has 4 saturated carbocycles. The van der Waals surface area contributed by atoms with E-state index in [1.165, 1.54) is 51.4 Å². The average Bonchev–Trinajstić information content (AvgIpc) is 2.43. The molecule has 0 aromatic heterocycles. The fourth-order valence-electron chi connectivity index (χ4n) is 5.57. The Morgan fingerprint density at radius 1 is 0.947 bits per heavy atom. The molecule has 0 radical (unpaired) electrons. The largest absolute Gasteiger partial charge is 0.376 e. The van der Waals surface area contributed by atoms with Gasteiger partial charge in [0.25, 0.3) is 0 Å². The molecule has 1 aliphatic heterocycles. The molecule has 108 valence electrons. The molecular weight excluding hydrogens is 236 g/mol. The van der Waals surface area contributed by atoms with Crippen LogP contribution in [0.5, 0.6) is 0 Å². The highest BCUT2D eigenvalue weighted by Gasteiger charge is 2.49. The minimum absolute atomic E-state index is 0.308. The molecule has 5 fully saturated rings. The quantitative estimate of drug-likeness (QED) is 0.772. The molecule has 1 saturated heterocycles. The topological polar surface area (TPSA) is 18.5 Å². The maximum atomic E-state index is 6.54. The molecule has 1 heterocycles. The van der Waals surface area contributed by atoms with E-state index < -0.39 is 0 Å². The Bertz CT molecular complexity index is 293. The summed E-state index contributed by atoms with van der Waals surface area (Å²) in [6.07, 6.45) is 12.3. The number of hydrogen-bond donors (Lipinski definition) is 0. The molecule has 0 spiro atoms. The molecule has 2 unspecified atom stereocenters. The van der Waals surface area contributed by atoms with Crippen molar-refractivity contribution >= 4 is 0 Å². The number of hydrogen-bond acceptors (Lipinski definition) is 2. The van der Waals surface area contributed by atoms with Crippen molar-refractivity contribution in [3.63, 3.8) is 0 Å². The lowest BCUT2D eigenvalue weighted by Gasteiger charge is -2.54. The van der Waals surface area contributed by atoms with E-state index in [1.807, 2.05) is 0 Å². The van der Waals surface area contributed by atoms with Gasteiger partial charge in [-0.1, -0.05) is 0 Å². The van der Waals surface area contributed by atoms with Gasteiger partial charge in [0.2, 0.25) is 0 Å². The maximum absolute atomic E-state index is 6.54. The van der Waals surface area contributed by atoms with Crippen LogP contribution in [0, 0.1) is 23.7 Å². The lowest BCUT2D eigenvalue weighted by atomic mass is 9.55. The summed E-state index contributed by atoms with van der Waals surface area (Å²) in [6, 6.07) is 0. The highest BCUT2D eigenvalue weighted by Crippen LogP contribution is 2.54. The van der Waals surface area contributed by atoms with Crippen molar-refractivity contribution in [2.24, 2.45) is 23.7 Å². The summed E-state index contributed by atoms with van der Waals surface area (Å²) in [5.41, 5.74) is 0. The van der Waals surface area contributed by atoms with Crippen LogP contribution >= 0.6 is 0 Å². The van der Waals surface area contributed by atoms with Gasteiger partial charge >= 0.3 is 0 Å². The first-order valence-corrected chi connectivity index (χ1v) is 8.56. The van der Waals surface area contributed by atoms with Crippen LogP contribution in [0.15, 0.2) is 0 Å². The Hall–Kier alpha value is -0.0800. The van der Waals surface area contributed by atoms with Crippen molar-refractivity contribution in [3.8, 4) is 0 Å². The van der Waals surface area contributed by atoms with Gasteiger partial charge in [0.15, 0.2) is 0 Å². The van der Waals surface area contributed by atoms with Crippen molar-refractivity contribution in [3.05, 3.63) is 0 Å². The second kappa shape index (κ2) is 5.04. The van der Waals surface area contributed by atoms with Crippen LogP contribution in [0.4, 0.5) is 0 Å². The van der Waals surface area contributed by atoms with Crippen LogP contribution < -0.4 is 0 Å². The lowest BCUT2D eigenvalue weighted by molar-refractivity contribution is -0.179. The molecule has 2 nitrogen and oxygen atoms in total. The Kier molecular flexibility index (Phi) is 3.35. The van der Waals surface area contributed by atoms with E-state index in [-0.39, 0.29) is 0 Å². The zero-order valence-corrected chi connectivity index (χ0v) is 12.2. The second-order valence-electron chi connectivity index (χ2n) is 7.64. The van der Waals surface area contributed by atoms with Crippen molar-refractivity contribution in [1.82, 2.24) is 0 Å².